The molecule has 9 rings (SSSR count). The molecule has 5 heteroatoms. The van der Waals surface area contributed by atoms with Gasteiger partial charge < -0.3 is 5.11 Å². The van der Waals surface area contributed by atoms with E-state index >= 15 is 0 Å². The summed E-state index contributed by atoms with van der Waals surface area (Å²) in [6.45, 7) is 8.33. The third kappa shape index (κ3) is 8.58. The van der Waals surface area contributed by atoms with Crippen molar-refractivity contribution in [1.29, 1.82) is 0 Å². The van der Waals surface area contributed by atoms with E-state index in [1.54, 1.807) is 36.5 Å². The van der Waals surface area contributed by atoms with Gasteiger partial charge in [-0.15, -0.1) is 29.3 Å². The van der Waals surface area contributed by atoms with Crippen LogP contribution in [0.1, 0.15) is 72.0 Å². The van der Waals surface area contributed by atoms with Crippen molar-refractivity contribution in [2.75, 3.05) is 0 Å². The number of aryl methyl sites for hydroxylation is 2. The number of aromatic nitrogens is 3. The number of benzene rings is 7. The van der Waals surface area contributed by atoms with E-state index in [4.69, 9.17) is 18.2 Å². The van der Waals surface area contributed by atoms with Crippen LogP contribution in [0.4, 0.5) is 0 Å². The maximum atomic E-state index is 11.6. The van der Waals surface area contributed by atoms with E-state index in [1.807, 2.05) is 95.6 Å². The molecule has 2 heterocycles. The summed E-state index contributed by atoms with van der Waals surface area (Å²) >= 11 is 0. The number of pyridine rings is 1. The average Bonchev–Trinajstić information content (AvgIpc) is 3.70. The number of phenolic OH excluding ortho intramolecular Hbond substituents is 1. The second-order valence-corrected chi connectivity index (χ2v) is 18.0. The van der Waals surface area contributed by atoms with Gasteiger partial charge >= 0.3 is 0 Å². The van der Waals surface area contributed by atoms with E-state index in [0.29, 0.717) is 39.4 Å². The van der Waals surface area contributed by atoms with Crippen LogP contribution in [-0.4, -0.2) is 19.6 Å². The minimum atomic E-state index is -2.49. The molecular formula is C58H52N3OPt-. The summed E-state index contributed by atoms with van der Waals surface area (Å²) in [5.74, 6) is 0.467. The minimum absolute atomic E-state index is 0. The zero-order chi connectivity index (χ0) is 48.3. The first-order valence-corrected chi connectivity index (χ1v) is 21.0. The third-order valence-electron chi connectivity index (χ3n) is 11.6. The van der Waals surface area contributed by atoms with Crippen LogP contribution in [-0.2, 0) is 31.9 Å². The number of hydrogen-bond acceptors (Lipinski definition) is 3. The Hall–Kier alpha value is -6.35. The predicted molar refractivity (Wildman–Crippen MR) is 259 cm³/mol. The normalized spacial score (nSPS) is 13.6. The van der Waals surface area contributed by atoms with Gasteiger partial charge in [-0.2, -0.15) is 0 Å². The first-order valence-electron chi connectivity index (χ1n) is 24.0. The number of aromatic hydroxyl groups is 1. The molecule has 0 spiro atoms. The van der Waals surface area contributed by atoms with E-state index in [-0.39, 0.29) is 48.8 Å². The monoisotopic (exact) mass is 1010 g/mol. The molecule has 0 fully saturated rings. The Kier molecular flexibility index (Phi) is 9.80. The third-order valence-corrected chi connectivity index (χ3v) is 11.6. The van der Waals surface area contributed by atoms with Gasteiger partial charge in [0.2, 0.25) is 0 Å². The molecule has 63 heavy (non-hydrogen) atoms. The van der Waals surface area contributed by atoms with Crippen LogP contribution in [0.3, 0.4) is 0 Å². The van der Waals surface area contributed by atoms with Crippen LogP contribution in [0.5, 0.6) is 5.75 Å². The number of fused-ring (bicyclic) bond motifs is 1. The maximum Gasteiger partial charge on any atom is 0.148 e. The van der Waals surface area contributed by atoms with Crippen molar-refractivity contribution in [3.63, 3.8) is 0 Å². The second kappa shape index (κ2) is 17.1. The Morgan fingerprint density at radius 1 is 0.556 bits per heavy atom. The molecule has 4 nitrogen and oxygen atoms in total. The van der Waals surface area contributed by atoms with Crippen molar-refractivity contribution < 1.29 is 34.4 Å². The average molecular weight is 1010 g/mol. The number of rotatable bonds is 7. The summed E-state index contributed by atoms with van der Waals surface area (Å²) in [7, 11) is 0. The van der Waals surface area contributed by atoms with Gasteiger partial charge in [0, 0.05) is 46.7 Å². The van der Waals surface area contributed by atoms with E-state index in [2.05, 4.69) is 84.0 Å². The van der Waals surface area contributed by atoms with Crippen molar-refractivity contribution in [1.82, 2.24) is 14.5 Å². The molecular weight excluding hydrogens is 950 g/mol. The molecule has 0 aliphatic heterocycles. The van der Waals surface area contributed by atoms with E-state index in [0.717, 1.165) is 55.6 Å². The van der Waals surface area contributed by atoms with E-state index < -0.39 is 13.7 Å². The Labute approximate surface area is 395 Å². The zero-order valence-electron chi connectivity index (χ0n) is 42.2. The van der Waals surface area contributed by atoms with E-state index in [1.165, 1.54) is 0 Å². The van der Waals surface area contributed by atoms with Crippen LogP contribution < -0.4 is 0 Å². The van der Waals surface area contributed by atoms with Crippen molar-refractivity contribution in [2.45, 2.75) is 66.1 Å². The number of nitrogens with zero attached hydrogens (tertiary/aromatic N) is 3. The molecule has 0 aliphatic rings. The molecule has 0 saturated carbocycles. The summed E-state index contributed by atoms with van der Waals surface area (Å²) in [6.07, 6.45) is 1.76. The first-order chi connectivity index (χ1) is 32.1. The van der Waals surface area contributed by atoms with Gasteiger partial charge in [0.15, 0.2) is 0 Å². The van der Waals surface area contributed by atoms with Crippen LogP contribution >= 0.6 is 0 Å². The zero-order valence-corrected chi connectivity index (χ0v) is 38.5. The Morgan fingerprint density at radius 2 is 1.22 bits per heavy atom. The minimum Gasteiger partial charge on any atom is -0.507 e. The molecule has 0 unspecified atom stereocenters. The summed E-state index contributed by atoms with van der Waals surface area (Å²) in [5.41, 5.74) is 12.6. The SMILES string of the molecule is [2H]C([2H])([2H])c1ccc(-c2ccnc(-c3[c-]c(-c4cccc5c4nc(-c4ccccc4O)n5-c4cc(C([2H])([2H])[2H])c(-c5ccccc5)cc4-c4ccc(C(C)(C)C)cc4)cc(C(C)(C)C)c3)c2)cc1.[Pt]. The van der Waals surface area contributed by atoms with Crippen LogP contribution in [0, 0.1) is 19.8 Å². The molecule has 0 atom stereocenters. The fourth-order valence-corrected chi connectivity index (χ4v) is 8.12. The largest absolute Gasteiger partial charge is 0.507 e. The van der Waals surface area contributed by atoms with Crippen molar-refractivity contribution in [2.24, 2.45) is 0 Å². The molecule has 1 N–H and O–H groups in total. The molecule has 9 aromatic rings. The fraction of sp³-hybridized carbons (Fsp3) is 0.172. The van der Waals surface area contributed by atoms with Gasteiger partial charge in [-0.3, -0.25) is 9.55 Å². The molecule has 0 bridgehead atoms. The molecule has 7 aromatic carbocycles. The van der Waals surface area contributed by atoms with Gasteiger partial charge in [-0.25, -0.2) is 4.98 Å². The second-order valence-electron chi connectivity index (χ2n) is 18.0. The molecule has 0 radical (unpaired) electrons. The summed E-state index contributed by atoms with van der Waals surface area (Å²) < 4.78 is 52.2. The van der Waals surface area contributed by atoms with Gasteiger partial charge in [0.1, 0.15) is 11.6 Å². The molecule has 0 amide bonds. The summed E-state index contributed by atoms with van der Waals surface area (Å²) in [6, 6.07) is 53.7. The van der Waals surface area contributed by atoms with Gasteiger partial charge in [0.05, 0.1) is 22.3 Å². The van der Waals surface area contributed by atoms with Crippen molar-refractivity contribution in [3.05, 3.63) is 192 Å². The van der Waals surface area contributed by atoms with Gasteiger partial charge in [-0.05, 0) is 99.9 Å². The van der Waals surface area contributed by atoms with Gasteiger partial charge in [0.25, 0.3) is 0 Å². The smallest absolute Gasteiger partial charge is 0.148 e. The first kappa shape index (κ1) is 36.2. The Bertz CT molecular complexity index is 3330. The fourth-order valence-electron chi connectivity index (χ4n) is 8.12. The number of imidazole rings is 1. The maximum absolute atomic E-state index is 11.6. The number of para-hydroxylation sites is 2. The Morgan fingerprint density at radius 3 is 1.92 bits per heavy atom. The topological polar surface area (TPSA) is 50.9 Å². The van der Waals surface area contributed by atoms with Gasteiger partial charge in [-0.1, -0.05) is 167 Å². The van der Waals surface area contributed by atoms with Crippen LogP contribution in [0.25, 0.3) is 83.9 Å². The molecule has 2 aromatic heterocycles. The quantitative estimate of drug-likeness (QED) is 0.162. The number of phenols is 1. The van der Waals surface area contributed by atoms with Crippen molar-refractivity contribution in [3.8, 4) is 78.6 Å². The standard InChI is InChI=1S/C58H52N3O.Pt/c1-37-21-23-39(24-22-37)42-29-30-59-51(35-42)44-32-43(33-46(34-44)58(6,7)8)47-18-14-19-52-55(47)60-56(48-17-12-13-20-54(48)62)61(52)53-31-38(2)49(40-15-10-9-11-16-40)36-50(53)41-25-27-45(28-26-41)57(3,4)5;/h9-31,33-36,62H,1-8H3;/q-1;/i1D3,2D3;. The van der Waals surface area contributed by atoms with Crippen LogP contribution in [0.2, 0.25) is 0 Å². The van der Waals surface area contributed by atoms with E-state index in [9.17, 15) is 5.11 Å². The van der Waals surface area contributed by atoms with Crippen LogP contribution in [0.15, 0.2) is 164 Å². The number of hydrogen-bond donors (Lipinski definition) is 1. The molecule has 0 saturated heterocycles. The molecule has 316 valence electrons. The van der Waals surface area contributed by atoms with Crippen molar-refractivity contribution >= 4 is 11.0 Å². The predicted octanol–water partition coefficient (Wildman–Crippen LogP) is 15.1. The Balaban J connectivity index is 0.00000642. The summed E-state index contributed by atoms with van der Waals surface area (Å²) in [5, 5.41) is 11.6. The summed E-state index contributed by atoms with van der Waals surface area (Å²) in [4.78, 5) is 10.2. The molecule has 0 aliphatic carbocycles.